The normalized spacial score (nSPS) is 6.71. The van der Waals surface area contributed by atoms with Gasteiger partial charge in [-0.05, 0) is 6.16 Å². The fraction of sp³-hybridized carbons (Fsp3) is 0. The number of hydrogen-bond acceptors (Lipinski definition) is 5. The molecule has 76 valence electrons. The van der Waals surface area contributed by atoms with Gasteiger partial charge in [-0.25, -0.2) is 0 Å². The molecular weight excluding hydrogens is 266 g/mol. The van der Waals surface area contributed by atoms with E-state index in [1.54, 1.807) is 0 Å². The van der Waals surface area contributed by atoms with Crippen molar-refractivity contribution in [3.63, 3.8) is 0 Å². The van der Waals surface area contributed by atoms with Crippen LogP contribution in [0.25, 0.3) is 0 Å². The molecule has 0 aromatic heterocycles. The summed E-state index contributed by atoms with van der Waals surface area (Å²) in [4.78, 5) is 8.33. The van der Waals surface area contributed by atoms with Crippen LogP contribution in [-0.2, 0) is 22.7 Å². The van der Waals surface area contributed by atoms with Gasteiger partial charge in [-0.15, -0.1) is 0 Å². The van der Waals surface area contributed by atoms with Crippen LogP contribution in [0.2, 0.25) is 0 Å². The second-order valence-corrected chi connectivity index (χ2v) is 1.63. The number of rotatable bonds is 0. The molecule has 0 aliphatic heterocycles. The fourth-order valence-electron chi connectivity index (χ4n) is 0. The smallest absolute Gasteiger partial charge is 0.652 e. The molecule has 0 radical (unpaired) electrons. The van der Waals surface area contributed by atoms with Crippen LogP contribution < -0.4 is 69.3 Å². The Morgan fingerprint density at radius 1 is 0.857 bits per heavy atom. The first-order chi connectivity index (χ1) is 5.20. The molecule has 0 aromatic rings. The molecule has 0 spiro atoms. The van der Waals surface area contributed by atoms with Crippen LogP contribution in [0, 0.1) is 0 Å². The number of carbonyl (C=O) groups excluding carboxylic acids is 1. The maximum atomic E-state index is 8.67. The molecule has 0 aliphatic carbocycles. The SMILES string of the molecule is O=C([O-])[O-].O=S(O)O.O=S(O)O.[Na+].[Na+]. The van der Waals surface area contributed by atoms with Crippen molar-refractivity contribution in [1.82, 2.24) is 0 Å². The quantitative estimate of drug-likeness (QED) is 0.245. The van der Waals surface area contributed by atoms with Crippen LogP contribution in [0.15, 0.2) is 0 Å². The molecule has 4 N–H and O–H groups in total. The molecule has 0 heterocycles. The van der Waals surface area contributed by atoms with E-state index in [-0.39, 0.29) is 59.1 Å². The predicted octanol–water partition coefficient (Wildman–Crippen LogP) is -9.08. The Kier molecular flexibility index (Phi) is 50.4. The molecule has 0 bridgehead atoms. The third-order valence-electron chi connectivity index (χ3n) is 0. The van der Waals surface area contributed by atoms with Gasteiger partial charge in [0.1, 0.15) is 0 Å². The zero-order chi connectivity index (χ0) is 10.7. The molecule has 0 fully saturated rings. The van der Waals surface area contributed by atoms with E-state index in [9.17, 15) is 0 Å². The summed E-state index contributed by atoms with van der Waals surface area (Å²) in [7, 11) is 0. The fourth-order valence-corrected chi connectivity index (χ4v) is 0. The molecule has 9 nitrogen and oxygen atoms in total. The van der Waals surface area contributed by atoms with Crippen molar-refractivity contribution in [2.24, 2.45) is 0 Å². The maximum Gasteiger partial charge on any atom is 1.00 e. The minimum atomic E-state index is -2.61. The largest absolute Gasteiger partial charge is 1.00 e. The van der Waals surface area contributed by atoms with E-state index in [2.05, 4.69) is 0 Å². The molecule has 0 rings (SSSR count). The van der Waals surface area contributed by atoms with Gasteiger partial charge in [0.15, 0.2) is 0 Å². The predicted molar refractivity (Wildman–Crippen MR) is 32.2 cm³/mol. The van der Waals surface area contributed by atoms with E-state index in [0.29, 0.717) is 0 Å². The Balaban J connectivity index is -0.0000000270. The topological polar surface area (TPSA) is 178 Å². The molecule has 0 aromatic carbocycles. The van der Waals surface area contributed by atoms with Crippen molar-refractivity contribution >= 4 is 28.9 Å². The van der Waals surface area contributed by atoms with Gasteiger partial charge < -0.3 is 15.0 Å². The monoisotopic (exact) mass is 270 g/mol. The molecular formula is CH4Na2O9S2. The molecule has 0 aliphatic rings. The van der Waals surface area contributed by atoms with Crippen LogP contribution in [0.4, 0.5) is 4.79 Å². The number of carbonyl (C=O) groups is 1. The molecule has 0 unspecified atom stereocenters. The first-order valence-electron chi connectivity index (χ1n) is 1.68. The Labute approximate surface area is 128 Å². The average Bonchev–Trinajstić information content (AvgIpc) is 1.54. The molecule has 0 amide bonds. The molecule has 0 saturated carbocycles. The van der Waals surface area contributed by atoms with Gasteiger partial charge in [-0.2, -0.15) is 8.42 Å². The maximum absolute atomic E-state index is 8.67. The Hall–Kier alpha value is 1.41. The minimum Gasteiger partial charge on any atom is -0.652 e. The summed E-state index contributed by atoms with van der Waals surface area (Å²) in [5, 5.41) is 16.7. The van der Waals surface area contributed by atoms with Gasteiger partial charge in [0.2, 0.25) is 0 Å². The van der Waals surface area contributed by atoms with E-state index in [1.165, 1.54) is 0 Å². The van der Waals surface area contributed by atoms with Crippen LogP contribution in [0.1, 0.15) is 0 Å². The Morgan fingerprint density at radius 2 is 0.857 bits per heavy atom. The van der Waals surface area contributed by atoms with E-state index in [0.717, 1.165) is 0 Å². The van der Waals surface area contributed by atoms with Crippen molar-refractivity contribution in [3.8, 4) is 0 Å². The van der Waals surface area contributed by atoms with Crippen molar-refractivity contribution in [1.29, 1.82) is 0 Å². The van der Waals surface area contributed by atoms with Crippen LogP contribution in [-0.4, -0.2) is 32.8 Å². The van der Waals surface area contributed by atoms with E-state index >= 15 is 0 Å². The van der Waals surface area contributed by atoms with E-state index < -0.39 is 28.9 Å². The van der Waals surface area contributed by atoms with Gasteiger partial charge in [-0.3, -0.25) is 18.2 Å². The van der Waals surface area contributed by atoms with Crippen LogP contribution >= 0.6 is 0 Å². The van der Waals surface area contributed by atoms with Gasteiger partial charge in [0.05, 0.1) is 0 Å². The standard InChI is InChI=1S/CH2O3.2Na.2H2O3S/c2-1(3)4;;;2*1-4(2)3/h(H2,2,3,4);;;2*(H2,1,2,3)/q;2*+1;;/p-2. The summed E-state index contributed by atoms with van der Waals surface area (Å²) in [5.41, 5.74) is 0. The van der Waals surface area contributed by atoms with Crippen LogP contribution in [0.3, 0.4) is 0 Å². The van der Waals surface area contributed by atoms with Gasteiger partial charge in [0.25, 0.3) is 22.7 Å². The summed E-state index contributed by atoms with van der Waals surface area (Å²) in [6.07, 6.45) is -2.33. The van der Waals surface area contributed by atoms with Gasteiger partial charge >= 0.3 is 59.1 Å². The summed E-state index contributed by atoms with van der Waals surface area (Å²) < 4.78 is 45.7. The second kappa shape index (κ2) is 23.9. The van der Waals surface area contributed by atoms with E-state index in [4.69, 9.17) is 41.6 Å². The van der Waals surface area contributed by atoms with Gasteiger partial charge in [0, 0.05) is 0 Å². The summed E-state index contributed by atoms with van der Waals surface area (Å²) in [5.74, 6) is 0. The van der Waals surface area contributed by atoms with Gasteiger partial charge in [-0.1, -0.05) is 0 Å². The minimum absolute atomic E-state index is 0. The Morgan fingerprint density at radius 3 is 0.857 bits per heavy atom. The molecule has 0 atom stereocenters. The number of hydrogen-bond donors (Lipinski definition) is 4. The third kappa shape index (κ3) is 1040. The number of carboxylic acid groups (broad SMARTS) is 2. The molecule has 0 saturated heterocycles. The second-order valence-electron chi connectivity index (χ2n) is 0.711. The van der Waals surface area contributed by atoms with Crippen molar-refractivity contribution in [3.05, 3.63) is 0 Å². The molecule has 13 heteroatoms. The summed E-state index contributed by atoms with van der Waals surface area (Å²) >= 11 is -5.22. The van der Waals surface area contributed by atoms with Crippen molar-refractivity contribution in [2.45, 2.75) is 0 Å². The first-order valence-corrected chi connectivity index (χ1v) is 3.80. The first kappa shape index (κ1) is 29.5. The van der Waals surface area contributed by atoms with E-state index in [1.807, 2.05) is 0 Å². The Bertz CT molecular complexity index is 118. The zero-order valence-electron chi connectivity index (χ0n) is 7.15. The average molecular weight is 270 g/mol. The summed E-state index contributed by atoms with van der Waals surface area (Å²) in [6.45, 7) is 0. The third-order valence-corrected chi connectivity index (χ3v) is 0. The van der Waals surface area contributed by atoms with Crippen molar-refractivity contribution in [2.75, 3.05) is 0 Å². The van der Waals surface area contributed by atoms with Crippen molar-refractivity contribution < 1.29 is 101 Å². The molecule has 14 heavy (non-hydrogen) atoms. The summed E-state index contributed by atoms with van der Waals surface area (Å²) in [6, 6.07) is 0. The zero-order valence-corrected chi connectivity index (χ0v) is 12.8. The van der Waals surface area contributed by atoms with Crippen LogP contribution in [0.5, 0.6) is 0 Å².